The second-order valence-electron chi connectivity index (χ2n) is 4.84. The first-order valence-electron chi connectivity index (χ1n) is 7.26. The maximum Gasteiger partial charge on any atom is 0.390 e. The lowest BCUT2D eigenvalue weighted by molar-refractivity contribution is -0.137. The number of aryl methyl sites for hydroxylation is 2. The fraction of sp³-hybridized carbons (Fsp3) is 0.786. The van der Waals surface area contributed by atoms with Crippen molar-refractivity contribution in [2.45, 2.75) is 52.4 Å². The molecule has 122 valence electrons. The number of rotatable bonds is 9. The summed E-state index contributed by atoms with van der Waals surface area (Å²) in [7, 11) is 1.63. The van der Waals surface area contributed by atoms with Crippen LogP contribution in [-0.2, 0) is 30.7 Å². The van der Waals surface area contributed by atoms with Gasteiger partial charge < -0.3 is 10.1 Å². The van der Waals surface area contributed by atoms with Crippen molar-refractivity contribution in [2.24, 2.45) is 0 Å². The molecule has 1 aromatic rings. The zero-order valence-electron chi connectivity index (χ0n) is 12.9. The molecule has 0 spiro atoms. The van der Waals surface area contributed by atoms with Crippen LogP contribution in [0.3, 0.4) is 0 Å². The molecule has 0 bridgehead atoms. The number of alkyl halides is 3. The largest absolute Gasteiger partial charge is 0.390 e. The predicted molar refractivity (Wildman–Crippen MR) is 75.2 cm³/mol. The van der Waals surface area contributed by atoms with E-state index in [2.05, 4.69) is 10.4 Å². The van der Waals surface area contributed by atoms with Gasteiger partial charge in [-0.25, -0.2) is 0 Å². The van der Waals surface area contributed by atoms with E-state index in [1.165, 1.54) is 4.68 Å². The quantitative estimate of drug-likeness (QED) is 0.713. The Morgan fingerprint density at radius 1 is 1.24 bits per heavy atom. The van der Waals surface area contributed by atoms with Gasteiger partial charge in [0.2, 0.25) is 0 Å². The van der Waals surface area contributed by atoms with Gasteiger partial charge in [0.1, 0.15) is 0 Å². The molecule has 0 saturated carbocycles. The van der Waals surface area contributed by atoms with Gasteiger partial charge in [-0.1, -0.05) is 13.8 Å². The average Bonchev–Trinajstić information content (AvgIpc) is 2.77. The Kier molecular flexibility index (Phi) is 7.17. The van der Waals surface area contributed by atoms with Gasteiger partial charge >= 0.3 is 6.18 Å². The topological polar surface area (TPSA) is 39.1 Å². The Morgan fingerprint density at radius 2 is 1.95 bits per heavy atom. The van der Waals surface area contributed by atoms with E-state index >= 15 is 0 Å². The average molecular weight is 307 g/mol. The third-order valence-electron chi connectivity index (χ3n) is 3.31. The molecule has 1 N–H and O–H groups in total. The lowest BCUT2D eigenvalue weighted by Crippen LogP contribution is -2.20. The predicted octanol–water partition coefficient (Wildman–Crippen LogP) is 2.70. The van der Waals surface area contributed by atoms with Gasteiger partial charge in [-0.15, -0.1) is 0 Å². The summed E-state index contributed by atoms with van der Waals surface area (Å²) < 4.78 is 43.6. The first-order chi connectivity index (χ1) is 9.92. The first-order valence-corrected chi connectivity index (χ1v) is 7.26. The summed E-state index contributed by atoms with van der Waals surface area (Å²) >= 11 is 0. The number of methoxy groups -OCH3 is 1. The van der Waals surface area contributed by atoms with Crippen LogP contribution >= 0.6 is 0 Å². The molecular formula is C14H24F3N3O. The van der Waals surface area contributed by atoms with Gasteiger partial charge in [0, 0.05) is 38.0 Å². The first kappa shape index (κ1) is 18.0. The van der Waals surface area contributed by atoms with E-state index in [9.17, 15) is 13.2 Å². The minimum atomic E-state index is -4.15. The van der Waals surface area contributed by atoms with Crippen LogP contribution in [0.2, 0.25) is 0 Å². The summed E-state index contributed by atoms with van der Waals surface area (Å²) in [6.07, 6.45) is -3.61. The summed E-state index contributed by atoms with van der Waals surface area (Å²) in [5.74, 6) is 0. The number of hydrogen-bond acceptors (Lipinski definition) is 3. The molecule has 0 aliphatic heterocycles. The second-order valence-corrected chi connectivity index (χ2v) is 4.84. The summed E-state index contributed by atoms with van der Waals surface area (Å²) in [4.78, 5) is 0. The monoisotopic (exact) mass is 307 g/mol. The van der Waals surface area contributed by atoms with Gasteiger partial charge in [-0.05, 0) is 12.8 Å². The van der Waals surface area contributed by atoms with Crippen LogP contribution < -0.4 is 5.32 Å². The van der Waals surface area contributed by atoms with Crippen molar-refractivity contribution in [3.05, 3.63) is 17.0 Å². The van der Waals surface area contributed by atoms with Gasteiger partial charge in [0.15, 0.2) is 0 Å². The molecule has 7 heteroatoms. The van der Waals surface area contributed by atoms with E-state index < -0.39 is 12.6 Å². The Labute approximate surface area is 123 Å². The maximum atomic E-state index is 12.4. The fourth-order valence-electron chi connectivity index (χ4n) is 2.28. The van der Waals surface area contributed by atoms with Gasteiger partial charge in [0.25, 0.3) is 0 Å². The lowest BCUT2D eigenvalue weighted by Gasteiger charge is -2.10. The maximum absolute atomic E-state index is 12.4. The highest BCUT2D eigenvalue weighted by Crippen LogP contribution is 2.22. The minimum Gasteiger partial charge on any atom is -0.383 e. The van der Waals surface area contributed by atoms with Crippen molar-refractivity contribution in [3.8, 4) is 0 Å². The van der Waals surface area contributed by atoms with Crippen LogP contribution in [0, 0.1) is 0 Å². The molecule has 0 saturated heterocycles. The highest BCUT2D eigenvalue weighted by Gasteiger charge is 2.27. The number of ether oxygens (including phenoxy) is 1. The number of hydrogen-bond donors (Lipinski definition) is 1. The molecule has 0 aliphatic rings. The van der Waals surface area contributed by atoms with Crippen molar-refractivity contribution in [2.75, 3.05) is 20.3 Å². The van der Waals surface area contributed by atoms with Gasteiger partial charge in [-0.3, -0.25) is 4.68 Å². The van der Waals surface area contributed by atoms with Crippen LogP contribution in [0.5, 0.6) is 0 Å². The second kappa shape index (κ2) is 8.38. The Balaban J connectivity index is 2.82. The number of nitrogens with one attached hydrogen (secondary N) is 1. The molecule has 21 heavy (non-hydrogen) atoms. The van der Waals surface area contributed by atoms with Gasteiger partial charge in [0.05, 0.1) is 18.7 Å². The van der Waals surface area contributed by atoms with Crippen LogP contribution in [0.25, 0.3) is 0 Å². The van der Waals surface area contributed by atoms with E-state index in [1.807, 2.05) is 13.8 Å². The van der Waals surface area contributed by atoms with Gasteiger partial charge in [-0.2, -0.15) is 18.3 Å². The molecular weight excluding hydrogens is 283 g/mol. The molecule has 0 aliphatic carbocycles. The molecule has 1 heterocycles. The van der Waals surface area contributed by atoms with Crippen LogP contribution in [0.1, 0.15) is 37.2 Å². The Morgan fingerprint density at radius 3 is 2.48 bits per heavy atom. The molecule has 0 aromatic carbocycles. The van der Waals surface area contributed by atoms with Crippen molar-refractivity contribution in [3.63, 3.8) is 0 Å². The van der Waals surface area contributed by atoms with Crippen LogP contribution in [0.4, 0.5) is 13.2 Å². The highest BCUT2D eigenvalue weighted by molar-refractivity contribution is 5.26. The minimum absolute atomic E-state index is 0.113. The molecule has 1 aromatic heterocycles. The zero-order valence-corrected chi connectivity index (χ0v) is 12.9. The molecule has 1 rings (SSSR count). The van der Waals surface area contributed by atoms with E-state index in [0.717, 1.165) is 17.0 Å². The summed E-state index contributed by atoms with van der Waals surface area (Å²) in [5, 5.41) is 7.58. The fourth-order valence-corrected chi connectivity index (χ4v) is 2.28. The normalized spacial score (nSPS) is 12.1. The third kappa shape index (κ3) is 5.67. The number of halogens is 3. The SMILES string of the molecule is CCc1nn(CCC(F)(F)F)c(CC)c1CNCCOC. The summed E-state index contributed by atoms with van der Waals surface area (Å²) in [6.45, 7) is 5.72. The van der Waals surface area contributed by atoms with Crippen molar-refractivity contribution in [1.82, 2.24) is 15.1 Å². The molecule has 4 nitrogen and oxygen atoms in total. The summed E-state index contributed by atoms with van der Waals surface area (Å²) in [5.41, 5.74) is 2.79. The van der Waals surface area contributed by atoms with Crippen molar-refractivity contribution < 1.29 is 17.9 Å². The number of aromatic nitrogens is 2. The molecule has 0 unspecified atom stereocenters. The lowest BCUT2D eigenvalue weighted by atomic mass is 10.1. The van der Waals surface area contributed by atoms with E-state index in [4.69, 9.17) is 4.74 Å². The molecule has 0 radical (unpaired) electrons. The van der Waals surface area contributed by atoms with Crippen molar-refractivity contribution in [1.29, 1.82) is 0 Å². The molecule has 0 atom stereocenters. The van der Waals surface area contributed by atoms with E-state index in [0.29, 0.717) is 32.5 Å². The third-order valence-corrected chi connectivity index (χ3v) is 3.31. The van der Waals surface area contributed by atoms with E-state index in [1.54, 1.807) is 7.11 Å². The number of nitrogens with zero attached hydrogens (tertiary/aromatic N) is 2. The van der Waals surface area contributed by atoms with E-state index in [-0.39, 0.29) is 6.54 Å². The molecule has 0 amide bonds. The van der Waals surface area contributed by atoms with Crippen LogP contribution in [0.15, 0.2) is 0 Å². The molecule has 0 fully saturated rings. The zero-order chi connectivity index (χ0) is 15.9. The highest BCUT2D eigenvalue weighted by atomic mass is 19.4. The van der Waals surface area contributed by atoms with Crippen molar-refractivity contribution >= 4 is 0 Å². The Hall–Kier alpha value is -1.08. The van der Waals surface area contributed by atoms with Crippen LogP contribution in [-0.4, -0.2) is 36.2 Å². The Bertz CT molecular complexity index is 430. The smallest absolute Gasteiger partial charge is 0.383 e. The standard InChI is InChI=1S/C14H24F3N3O/c1-4-12-11(10-18-7-9-21-3)13(5-2)20(19-12)8-6-14(15,16)17/h18H,4-10H2,1-3H3. The summed E-state index contributed by atoms with van der Waals surface area (Å²) in [6, 6.07) is 0.